The zero-order valence-corrected chi connectivity index (χ0v) is 8.24. The van der Waals surface area contributed by atoms with Crippen LogP contribution in [-0.2, 0) is 0 Å². The van der Waals surface area contributed by atoms with Crippen molar-refractivity contribution in [3.63, 3.8) is 0 Å². The summed E-state index contributed by atoms with van der Waals surface area (Å²) in [7, 11) is 0. The third-order valence-corrected chi connectivity index (χ3v) is 2.47. The lowest BCUT2D eigenvalue weighted by atomic mass is 10.1. The number of hydrogen-bond donors (Lipinski definition) is 0. The molecule has 0 saturated heterocycles. The zero-order valence-electron chi connectivity index (χ0n) is 8.24. The molecule has 0 spiro atoms. The number of furan rings is 1. The van der Waals surface area contributed by atoms with Crippen LogP contribution in [0.4, 0.5) is 0 Å². The predicted molar refractivity (Wildman–Crippen MR) is 55.0 cm³/mol. The summed E-state index contributed by atoms with van der Waals surface area (Å²) in [4.78, 5) is 0. The van der Waals surface area contributed by atoms with E-state index in [0.717, 1.165) is 22.3 Å². The van der Waals surface area contributed by atoms with E-state index >= 15 is 0 Å². The average Bonchev–Trinajstić information content (AvgIpc) is 2.56. The van der Waals surface area contributed by atoms with Gasteiger partial charge in [-0.1, -0.05) is 18.2 Å². The van der Waals surface area contributed by atoms with E-state index in [1.54, 1.807) is 0 Å². The molecule has 0 saturated carbocycles. The van der Waals surface area contributed by atoms with Crippen molar-refractivity contribution < 1.29 is 4.42 Å². The van der Waals surface area contributed by atoms with Crippen LogP contribution in [0.3, 0.4) is 0 Å². The molecule has 0 radical (unpaired) electrons. The molecule has 2 aromatic rings. The fourth-order valence-electron chi connectivity index (χ4n) is 1.66. The van der Waals surface area contributed by atoms with Gasteiger partial charge in [-0.25, -0.2) is 0 Å². The molecule has 1 aromatic heterocycles. The highest BCUT2D eigenvalue weighted by Gasteiger charge is 2.15. The molecule has 1 atom stereocenters. The van der Waals surface area contributed by atoms with Crippen molar-refractivity contribution in [3.05, 3.63) is 35.6 Å². The van der Waals surface area contributed by atoms with Gasteiger partial charge in [0.2, 0.25) is 0 Å². The lowest BCUT2D eigenvalue weighted by Crippen LogP contribution is -1.88. The molecule has 0 fully saturated rings. The summed E-state index contributed by atoms with van der Waals surface area (Å²) in [5.41, 5.74) is 1.94. The zero-order chi connectivity index (χ0) is 10.1. The SMILES string of the molecule is Cc1c(C(C)C#N)oc2ccccc12. The van der Waals surface area contributed by atoms with Crippen LogP contribution in [0, 0.1) is 18.3 Å². The van der Waals surface area contributed by atoms with Crippen LogP contribution in [0.1, 0.15) is 24.2 Å². The maximum absolute atomic E-state index is 8.83. The van der Waals surface area contributed by atoms with Crippen molar-refractivity contribution in [2.75, 3.05) is 0 Å². The van der Waals surface area contributed by atoms with Gasteiger partial charge in [0.05, 0.1) is 6.07 Å². The molecule has 0 amide bonds. The molecular weight excluding hydrogens is 174 g/mol. The Bertz CT molecular complexity index is 505. The van der Waals surface area contributed by atoms with Gasteiger partial charge < -0.3 is 4.42 Å². The Balaban J connectivity index is 2.70. The summed E-state index contributed by atoms with van der Waals surface area (Å²) in [6, 6.07) is 10.0. The van der Waals surface area contributed by atoms with E-state index in [-0.39, 0.29) is 5.92 Å². The molecule has 0 aliphatic heterocycles. The standard InChI is InChI=1S/C12H11NO/c1-8(7-13)12-9(2)10-5-3-4-6-11(10)14-12/h3-6,8H,1-2H3. The molecule has 1 aromatic carbocycles. The average molecular weight is 185 g/mol. The van der Waals surface area contributed by atoms with Gasteiger partial charge in [0.1, 0.15) is 17.3 Å². The highest BCUT2D eigenvalue weighted by atomic mass is 16.3. The van der Waals surface area contributed by atoms with Gasteiger partial charge >= 0.3 is 0 Å². The third kappa shape index (κ3) is 1.18. The van der Waals surface area contributed by atoms with E-state index in [2.05, 4.69) is 6.07 Å². The first-order chi connectivity index (χ1) is 6.74. The van der Waals surface area contributed by atoms with Gasteiger partial charge in [0.25, 0.3) is 0 Å². The van der Waals surface area contributed by atoms with Crippen molar-refractivity contribution in [1.29, 1.82) is 5.26 Å². The van der Waals surface area contributed by atoms with Crippen LogP contribution in [0.25, 0.3) is 11.0 Å². The van der Waals surface area contributed by atoms with Crippen molar-refractivity contribution >= 4 is 11.0 Å². The fraction of sp³-hybridized carbons (Fsp3) is 0.250. The van der Waals surface area contributed by atoms with Crippen LogP contribution in [0.5, 0.6) is 0 Å². The molecule has 0 aliphatic carbocycles. The Morgan fingerprint density at radius 3 is 2.71 bits per heavy atom. The first kappa shape index (κ1) is 8.83. The third-order valence-electron chi connectivity index (χ3n) is 2.47. The monoisotopic (exact) mass is 185 g/mol. The Morgan fingerprint density at radius 2 is 2.07 bits per heavy atom. The maximum atomic E-state index is 8.83. The second kappa shape index (κ2) is 3.19. The minimum absolute atomic E-state index is 0.178. The second-order valence-electron chi connectivity index (χ2n) is 3.44. The van der Waals surface area contributed by atoms with Crippen molar-refractivity contribution in [1.82, 2.24) is 0 Å². The van der Waals surface area contributed by atoms with Gasteiger partial charge in [0.15, 0.2) is 0 Å². The normalized spacial score (nSPS) is 12.6. The van der Waals surface area contributed by atoms with Crippen LogP contribution >= 0.6 is 0 Å². The number of aryl methyl sites for hydroxylation is 1. The van der Waals surface area contributed by atoms with Crippen LogP contribution in [0.2, 0.25) is 0 Å². The molecule has 0 aliphatic rings. The van der Waals surface area contributed by atoms with Gasteiger partial charge in [0, 0.05) is 5.39 Å². The lowest BCUT2D eigenvalue weighted by molar-refractivity contribution is 0.536. The van der Waals surface area contributed by atoms with E-state index in [9.17, 15) is 0 Å². The van der Waals surface area contributed by atoms with Gasteiger partial charge in [-0.3, -0.25) is 0 Å². The van der Waals surface area contributed by atoms with E-state index in [4.69, 9.17) is 9.68 Å². The number of hydrogen-bond acceptors (Lipinski definition) is 2. The lowest BCUT2D eigenvalue weighted by Gasteiger charge is -1.97. The van der Waals surface area contributed by atoms with E-state index in [0.29, 0.717) is 0 Å². The maximum Gasteiger partial charge on any atom is 0.134 e. The number of rotatable bonds is 1. The summed E-state index contributed by atoms with van der Waals surface area (Å²) in [5.74, 6) is 0.608. The first-order valence-electron chi connectivity index (χ1n) is 4.61. The summed E-state index contributed by atoms with van der Waals surface area (Å²) >= 11 is 0. The summed E-state index contributed by atoms with van der Waals surface area (Å²) in [6.45, 7) is 3.85. The summed E-state index contributed by atoms with van der Waals surface area (Å²) in [6.07, 6.45) is 0. The Kier molecular flexibility index (Phi) is 2.01. The Labute approximate surface area is 82.8 Å². The van der Waals surface area contributed by atoms with Crippen molar-refractivity contribution in [2.24, 2.45) is 0 Å². The first-order valence-corrected chi connectivity index (χ1v) is 4.61. The predicted octanol–water partition coefficient (Wildman–Crippen LogP) is 3.37. The van der Waals surface area contributed by atoms with Crippen LogP contribution < -0.4 is 0 Å². The van der Waals surface area contributed by atoms with Crippen LogP contribution in [-0.4, -0.2) is 0 Å². The highest BCUT2D eigenvalue weighted by Crippen LogP contribution is 2.29. The van der Waals surface area contributed by atoms with Gasteiger partial charge in [-0.05, 0) is 25.5 Å². The largest absolute Gasteiger partial charge is 0.459 e. The molecule has 0 bridgehead atoms. The Hall–Kier alpha value is -1.75. The topological polar surface area (TPSA) is 36.9 Å². The Morgan fingerprint density at radius 1 is 1.36 bits per heavy atom. The molecule has 1 heterocycles. The van der Waals surface area contributed by atoms with Crippen molar-refractivity contribution in [2.45, 2.75) is 19.8 Å². The second-order valence-corrected chi connectivity index (χ2v) is 3.44. The van der Waals surface area contributed by atoms with E-state index in [1.165, 1.54) is 0 Å². The number of para-hydroxylation sites is 1. The van der Waals surface area contributed by atoms with E-state index < -0.39 is 0 Å². The smallest absolute Gasteiger partial charge is 0.134 e. The highest BCUT2D eigenvalue weighted by molar-refractivity contribution is 5.82. The minimum Gasteiger partial charge on any atom is -0.459 e. The van der Waals surface area contributed by atoms with E-state index in [1.807, 2.05) is 38.1 Å². The molecular formula is C12H11NO. The quantitative estimate of drug-likeness (QED) is 0.683. The molecule has 14 heavy (non-hydrogen) atoms. The molecule has 2 heteroatoms. The van der Waals surface area contributed by atoms with Crippen molar-refractivity contribution in [3.8, 4) is 6.07 Å². The molecule has 1 unspecified atom stereocenters. The molecule has 2 nitrogen and oxygen atoms in total. The number of benzene rings is 1. The molecule has 0 N–H and O–H groups in total. The summed E-state index contributed by atoms with van der Waals surface area (Å²) < 4.78 is 5.63. The minimum atomic E-state index is -0.178. The number of nitriles is 1. The van der Waals surface area contributed by atoms with Crippen LogP contribution in [0.15, 0.2) is 28.7 Å². The summed E-state index contributed by atoms with van der Waals surface area (Å²) in [5, 5.41) is 9.93. The van der Waals surface area contributed by atoms with Gasteiger partial charge in [-0.15, -0.1) is 0 Å². The molecule has 2 rings (SSSR count). The molecule has 70 valence electrons. The number of fused-ring (bicyclic) bond motifs is 1. The number of nitrogens with zero attached hydrogens (tertiary/aromatic N) is 1. The fourth-order valence-corrected chi connectivity index (χ4v) is 1.66. The van der Waals surface area contributed by atoms with Gasteiger partial charge in [-0.2, -0.15) is 5.26 Å².